The van der Waals surface area contributed by atoms with Gasteiger partial charge in [0.2, 0.25) is 0 Å². The van der Waals surface area contributed by atoms with Crippen molar-refractivity contribution in [2.75, 3.05) is 46.2 Å². The molecule has 6 nitrogen and oxygen atoms in total. The van der Waals surface area contributed by atoms with E-state index in [1.165, 1.54) is 0 Å². The molecule has 0 heterocycles. The van der Waals surface area contributed by atoms with Crippen LogP contribution >= 0.6 is 0 Å². The van der Waals surface area contributed by atoms with Gasteiger partial charge >= 0.3 is 5.97 Å². The topological polar surface area (TPSA) is 63.2 Å². The molecule has 0 N–H and O–H groups in total. The molecule has 1 aromatic rings. The lowest BCUT2D eigenvalue weighted by molar-refractivity contribution is -0.139. The van der Waals surface area contributed by atoms with Crippen LogP contribution in [-0.4, -0.2) is 52.2 Å². The van der Waals surface area contributed by atoms with Crippen molar-refractivity contribution in [3.63, 3.8) is 0 Å². The van der Waals surface area contributed by atoms with Crippen molar-refractivity contribution in [3.05, 3.63) is 49.6 Å². The lowest BCUT2D eigenvalue weighted by Gasteiger charge is -2.10. The standard InChI is InChI=1S/C19H26O6/c1-3-5-9-21-10-13-23-17-7-6-8-18(16-17)24-14-11-22-12-15-25-19(20)4-2/h3-4,6-8,16H,1-2,5,9-15H2. The van der Waals surface area contributed by atoms with Crippen molar-refractivity contribution in [1.82, 2.24) is 0 Å². The Hall–Kier alpha value is -2.31. The van der Waals surface area contributed by atoms with Crippen LogP contribution in [0.25, 0.3) is 0 Å². The zero-order chi connectivity index (χ0) is 18.2. The van der Waals surface area contributed by atoms with Crippen molar-refractivity contribution in [3.8, 4) is 11.5 Å². The smallest absolute Gasteiger partial charge is 0.330 e. The van der Waals surface area contributed by atoms with Gasteiger partial charge in [0.25, 0.3) is 0 Å². The minimum Gasteiger partial charge on any atom is -0.491 e. The highest BCUT2D eigenvalue weighted by Gasteiger charge is 1.99. The fourth-order valence-electron chi connectivity index (χ4n) is 1.72. The predicted octanol–water partition coefficient (Wildman–Crippen LogP) is 2.78. The second kappa shape index (κ2) is 14.1. The normalized spacial score (nSPS) is 10.1. The lowest BCUT2D eigenvalue weighted by atomic mass is 10.3. The molecule has 0 atom stereocenters. The number of benzene rings is 1. The maximum Gasteiger partial charge on any atom is 0.330 e. The maximum absolute atomic E-state index is 10.8. The van der Waals surface area contributed by atoms with Crippen molar-refractivity contribution in [2.24, 2.45) is 0 Å². The van der Waals surface area contributed by atoms with Gasteiger partial charge in [0.15, 0.2) is 0 Å². The van der Waals surface area contributed by atoms with Gasteiger partial charge < -0.3 is 23.7 Å². The number of esters is 1. The van der Waals surface area contributed by atoms with E-state index in [4.69, 9.17) is 23.7 Å². The molecule has 0 aromatic heterocycles. The quantitative estimate of drug-likeness (QED) is 0.210. The van der Waals surface area contributed by atoms with Gasteiger partial charge in [-0.2, -0.15) is 0 Å². The van der Waals surface area contributed by atoms with Gasteiger partial charge in [0.1, 0.15) is 31.3 Å². The fraction of sp³-hybridized carbons (Fsp3) is 0.421. The molecule has 0 saturated carbocycles. The summed E-state index contributed by atoms with van der Waals surface area (Å²) in [6.07, 6.45) is 3.77. The molecule has 1 aromatic carbocycles. The summed E-state index contributed by atoms with van der Waals surface area (Å²) in [5.74, 6) is 0.969. The average Bonchev–Trinajstić information content (AvgIpc) is 2.64. The summed E-state index contributed by atoms with van der Waals surface area (Å²) in [5.41, 5.74) is 0. The second-order valence-electron chi connectivity index (χ2n) is 4.85. The number of ether oxygens (including phenoxy) is 5. The van der Waals surface area contributed by atoms with Gasteiger partial charge in [-0.15, -0.1) is 6.58 Å². The van der Waals surface area contributed by atoms with E-state index in [0.717, 1.165) is 18.2 Å². The molecule has 0 amide bonds. The molecule has 0 bridgehead atoms. The van der Waals surface area contributed by atoms with E-state index in [9.17, 15) is 4.79 Å². The summed E-state index contributed by atoms with van der Waals surface area (Å²) < 4.78 is 26.6. The molecule has 0 fully saturated rings. The fourth-order valence-corrected chi connectivity index (χ4v) is 1.72. The number of hydrogen-bond donors (Lipinski definition) is 0. The van der Waals surface area contributed by atoms with Crippen LogP contribution in [0.15, 0.2) is 49.6 Å². The van der Waals surface area contributed by atoms with E-state index in [0.29, 0.717) is 45.4 Å². The Morgan fingerprint density at radius 1 is 0.880 bits per heavy atom. The molecule has 138 valence electrons. The van der Waals surface area contributed by atoms with Crippen LogP contribution in [0.1, 0.15) is 6.42 Å². The summed E-state index contributed by atoms with van der Waals surface area (Å²) in [7, 11) is 0. The Morgan fingerprint density at radius 3 is 2.08 bits per heavy atom. The summed E-state index contributed by atoms with van der Waals surface area (Å²) in [6.45, 7) is 9.91. The van der Waals surface area contributed by atoms with Crippen LogP contribution in [0.2, 0.25) is 0 Å². The van der Waals surface area contributed by atoms with Crippen molar-refractivity contribution in [1.29, 1.82) is 0 Å². The summed E-state index contributed by atoms with van der Waals surface area (Å²) >= 11 is 0. The number of hydrogen-bond acceptors (Lipinski definition) is 6. The van der Waals surface area contributed by atoms with E-state index in [-0.39, 0.29) is 6.61 Å². The molecule has 0 aliphatic carbocycles. The third-order valence-corrected chi connectivity index (χ3v) is 2.90. The second-order valence-corrected chi connectivity index (χ2v) is 4.85. The average molecular weight is 350 g/mol. The first kappa shape index (κ1) is 20.7. The summed E-state index contributed by atoms with van der Waals surface area (Å²) in [6, 6.07) is 7.38. The highest BCUT2D eigenvalue weighted by Crippen LogP contribution is 2.19. The molecule has 25 heavy (non-hydrogen) atoms. The van der Waals surface area contributed by atoms with E-state index < -0.39 is 5.97 Å². The largest absolute Gasteiger partial charge is 0.491 e. The lowest BCUT2D eigenvalue weighted by Crippen LogP contribution is -2.12. The Bertz CT molecular complexity index is 514. The minimum absolute atomic E-state index is 0.197. The van der Waals surface area contributed by atoms with Crippen LogP contribution in [-0.2, 0) is 19.0 Å². The zero-order valence-electron chi connectivity index (χ0n) is 14.5. The van der Waals surface area contributed by atoms with Gasteiger partial charge in [-0.1, -0.05) is 18.7 Å². The van der Waals surface area contributed by atoms with Crippen LogP contribution in [0.3, 0.4) is 0 Å². The molecule has 1 rings (SSSR count). The zero-order valence-corrected chi connectivity index (χ0v) is 14.5. The summed E-state index contributed by atoms with van der Waals surface area (Å²) in [4.78, 5) is 10.8. The molecule has 0 spiro atoms. The van der Waals surface area contributed by atoms with Crippen LogP contribution in [0.4, 0.5) is 0 Å². The van der Waals surface area contributed by atoms with Gasteiger partial charge in [-0.3, -0.25) is 0 Å². The highest BCUT2D eigenvalue weighted by atomic mass is 16.6. The van der Waals surface area contributed by atoms with Gasteiger partial charge in [-0.25, -0.2) is 4.79 Å². The first-order valence-corrected chi connectivity index (χ1v) is 8.17. The Labute approximate surface area is 149 Å². The predicted molar refractivity (Wildman–Crippen MR) is 95.0 cm³/mol. The monoisotopic (exact) mass is 350 g/mol. The Morgan fingerprint density at radius 2 is 1.48 bits per heavy atom. The van der Waals surface area contributed by atoms with Gasteiger partial charge in [-0.05, 0) is 18.6 Å². The molecular weight excluding hydrogens is 324 g/mol. The molecule has 0 unspecified atom stereocenters. The van der Waals surface area contributed by atoms with Crippen molar-refractivity contribution in [2.45, 2.75) is 6.42 Å². The minimum atomic E-state index is -0.456. The van der Waals surface area contributed by atoms with E-state index in [2.05, 4.69) is 13.2 Å². The molecular formula is C19H26O6. The Balaban J connectivity index is 2.11. The van der Waals surface area contributed by atoms with E-state index in [1.54, 1.807) is 0 Å². The molecule has 0 aliphatic heterocycles. The number of rotatable bonds is 15. The first-order valence-electron chi connectivity index (χ1n) is 8.17. The molecule has 0 radical (unpaired) electrons. The maximum atomic E-state index is 10.8. The van der Waals surface area contributed by atoms with Crippen molar-refractivity contribution < 1.29 is 28.5 Å². The van der Waals surface area contributed by atoms with E-state index >= 15 is 0 Å². The van der Waals surface area contributed by atoms with Crippen LogP contribution in [0, 0.1) is 0 Å². The van der Waals surface area contributed by atoms with Gasteiger partial charge in [0.05, 0.1) is 26.4 Å². The van der Waals surface area contributed by atoms with Crippen LogP contribution < -0.4 is 9.47 Å². The summed E-state index contributed by atoms with van der Waals surface area (Å²) in [5, 5.41) is 0. The Kier molecular flexibility index (Phi) is 11.7. The first-order chi connectivity index (χ1) is 12.3. The molecule has 0 aliphatic rings. The van der Waals surface area contributed by atoms with Crippen LogP contribution in [0.5, 0.6) is 11.5 Å². The van der Waals surface area contributed by atoms with Crippen molar-refractivity contribution >= 4 is 5.97 Å². The number of carbonyl (C=O) groups is 1. The molecule has 0 saturated heterocycles. The van der Waals surface area contributed by atoms with Gasteiger partial charge in [0, 0.05) is 12.1 Å². The highest BCUT2D eigenvalue weighted by molar-refractivity contribution is 5.81. The SMILES string of the molecule is C=CCCOCCOc1cccc(OCCOCCOC(=O)C=C)c1. The molecule has 6 heteroatoms. The third-order valence-electron chi connectivity index (χ3n) is 2.90. The van der Waals surface area contributed by atoms with E-state index in [1.807, 2.05) is 30.3 Å². The number of carbonyl (C=O) groups excluding carboxylic acids is 1. The third kappa shape index (κ3) is 11.0.